The lowest BCUT2D eigenvalue weighted by Gasteiger charge is -2.42. The summed E-state index contributed by atoms with van der Waals surface area (Å²) in [6.07, 6.45) is 23.7. The van der Waals surface area contributed by atoms with Crippen molar-refractivity contribution in [2.24, 2.45) is 30.0 Å². The molecule has 2 bridgehead atoms. The molecule has 101 heavy (non-hydrogen) atoms. The Morgan fingerprint density at radius 2 is 0.663 bits per heavy atom. The maximum atomic E-state index is 14.7. The van der Waals surface area contributed by atoms with Gasteiger partial charge in [0.25, 0.3) is 0 Å². The second kappa shape index (κ2) is 25.8. The number of halogens is 6. The minimum atomic E-state index is -2.87. The first-order chi connectivity index (χ1) is 48.2. The third kappa shape index (κ3) is 12.4. The Morgan fingerprint density at radius 1 is 0.386 bits per heavy atom. The SMILES string of the molecule is CC(C)(C)c1cc(C=Nc2ccc3c(c2)C2c4ccc(N=Cc5cc(C(C)(C)C)cc(/C(=C6/C=CC=N6)c6cccn6B(F)F)c5O)cc4C3c3ccc(N=Cc4cc(C(C)(C)C)cc(/C(=C5/C=CC=N5)c5cccn5B(F)F)c4O)cc32)c(O)c(/C(=C2\C=CC=N2)c2cccn2B(F)F)c1. The van der Waals surface area contributed by atoms with Gasteiger partial charge in [-0.2, -0.15) is 0 Å². The Balaban J connectivity index is 0.885. The van der Waals surface area contributed by atoms with E-state index in [1.165, 1.54) is 36.8 Å². The lowest BCUT2D eigenvalue weighted by molar-refractivity contribution is 0.470. The number of rotatable bonds is 15. The number of aromatic hydroxyl groups is 3. The summed E-state index contributed by atoms with van der Waals surface area (Å²) in [6.45, 7) is 18.3. The predicted octanol–water partition coefficient (Wildman–Crippen LogP) is 18.9. The van der Waals surface area contributed by atoms with Crippen LogP contribution < -0.4 is 0 Å². The summed E-state index contributed by atoms with van der Waals surface area (Å²) in [5, 5.41) is 37.1. The molecular formula is C80H68B3F6N9O3. The van der Waals surface area contributed by atoms with Crippen molar-refractivity contribution in [3.63, 3.8) is 0 Å². The summed E-state index contributed by atoms with van der Waals surface area (Å²) in [5.41, 5.74) is 13.5. The van der Waals surface area contributed by atoms with Crippen LogP contribution in [0.15, 0.2) is 229 Å². The molecule has 502 valence electrons. The van der Waals surface area contributed by atoms with Crippen molar-refractivity contribution in [1.29, 1.82) is 0 Å². The first-order valence-corrected chi connectivity index (χ1v) is 33.1. The van der Waals surface area contributed by atoms with Crippen LogP contribution in [0.25, 0.3) is 16.7 Å². The van der Waals surface area contributed by atoms with Crippen LogP contribution in [0.2, 0.25) is 0 Å². The number of aromatic nitrogens is 3. The van der Waals surface area contributed by atoms with Crippen molar-refractivity contribution < 1.29 is 41.2 Å². The largest absolute Gasteiger partial charge is 0.677 e. The van der Waals surface area contributed by atoms with Crippen molar-refractivity contribution in [3.8, 4) is 17.2 Å². The molecule has 6 aromatic carbocycles. The predicted molar refractivity (Wildman–Crippen MR) is 398 cm³/mol. The van der Waals surface area contributed by atoms with Crippen LogP contribution in [0.1, 0.15) is 175 Å². The first-order valence-electron chi connectivity index (χ1n) is 33.1. The molecule has 2 unspecified atom stereocenters. The van der Waals surface area contributed by atoms with Gasteiger partial charge in [0.05, 0.1) is 34.2 Å². The Kier molecular flexibility index (Phi) is 17.1. The van der Waals surface area contributed by atoms with Crippen molar-refractivity contribution in [2.45, 2.75) is 90.4 Å². The van der Waals surface area contributed by atoms with Gasteiger partial charge in [0, 0.05) is 116 Å². The molecule has 2 atom stereocenters. The van der Waals surface area contributed by atoms with Gasteiger partial charge in [-0.15, -0.1) is 0 Å². The van der Waals surface area contributed by atoms with Crippen molar-refractivity contribution in [2.75, 3.05) is 0 Å². The molecule has 6 heterocycles. The molecule has 3 aliphatic carbocycles. The van der Waals surface area contributed by atoms with E-state index >= 15 is 0 Å². The summed E-state index contributed by atoms with van der Waals surface area (Å²) >= 11 is 0. The van der Waals surface area contributed by atoms with Crippen LogP contribution in [0, 0.1) is 0 Å². The van der Waals surface area contributed by atoms with Gasteiger partial charge in [-0.25, -0.2) is 0 Å². The number of benzene rings is 6. The highest BCUT2D eigenvalue weighted by Gasteiger charge is 2.42. The van der Waals surface area contributed by atoms with Crippen molar-refractivity contribution >= 4 is 93.3 Å². The summed E-state index contributed by atoms with van der Waals surface area (Å²) in [6, 6.07) is 38.5. The number of nitrogens with zero attached hydrogens (tertiary/aromatic N) is 9. The van der Waals surface area contributed by atoms with E-state index in [0.29, 0.717) is 84.3 Å². The fourth-order valence-corrected chi connectivity index (χ4v) is 13.9. The van der Waals surface area contributed by atoms with Gasteiger partial charge in [-0.1, -0.05) is 80.5 Å². The number of allylic oxidation sites excluding steroid dienone is 6. The maximum absolute atomic E-state index is 14.7. The van der Waals surface area contributed by atoms with Gasteiger partial charge in [0.2, 0.25) is 0 Å². The summed E-state index contributed by atoms with van der Waals surface area (Å²) < 4.78 is 90.4. The molecule has 6 aliphatic rings. The van der Waals surface area contributed by atoms with Gasteiger partial charge in [0.1, 0.15) is 17.2 Å². The van der Waals surface area contributed by atoms with E-state index in [0.717, 1.165) is 63.5 Å². The van der Waals surface area contributed by atoms with Crippen molar-refractivity contribution in [3.05, 3.63) is 300 Å². The minimum absolute atomic E-state index is 0.161. The topological polar surface area (TPSA) is 150 Å². The number of hydrogen-bond donors (Lipinski definition) is 3. The molecular weight excluding hydrogens is 1280 g/mol. The molecule has 0 saturated carbocycles. The number of aliphatic imine (C=N–C) groups is 6. The van der Waals surface area contributed by atoms with Crippen LogP contribution in [0.3, 0.4) is 0 Å². The normalized spacial score (nSPS) is 17.4. The number of hydrogen-bond acceptors (Lipinski definition) is 9. The van der Waals surface area contributed by atoms with Crippen LogP contribution in [0.4, 0.5) is 43.0 Å². The molecule has 9 aromatic rings. The van der Waals surface area contributed by atoms with E-state index in [1.807, 2.05) is 135 Å². The fourth-order valence-electron chi connectivity index (χ4n) is 13.9. The zero-order valence-corrected chi connectivity index (χ0v) is 56.8. The van der Waals surface area contributed by atoms with E-state index in [2.05, 4.69) is 33.2 Å². The molecule has 12 nitrogen and oxygen atoms in total. The zero-order valence-electron chi connectivity index (χ0n) is 56.8. The van der Waals surface area contributed by atoms with E-state index in [-0.39, 0.29) is 40.2 Å². The highest BCUT2D eigenvalue weighted by molar-refractivity contribution is 6.42. The van der Waals surface area contributed by atoms with Gasteiger partial charge < -0.3 is 28.8 Å². The molecule has 0 spiro atoms. The van der Waals surface area contributed by atoms with Crippen LogP contribution >= 0.6 is 0 Å². The molecule has 0 saturated heterocycles. The van der Waals surface area contributed by atoms with E-state index in [9.17, 15) is 41.2 Å². The smallest absolute Gasteiger partial charge is 0.507 e. The van der Waals surface area contributed by atoms with Crippen molar-refractivity contribution in [1.82, 2.24) is 13.4 Å². The van der Waals surface area contributed by atoms with Crippen LogP contribution in [-0.2, 0) is 16.2 Å². The Labute approximate surface area is 582 Å². The lowest BCUT2D eigenvalue weighted by Crippen LogP contribution is -2.27. The summed E-state index contributed by atoms with van der Waals surface area (Å²) in [4.78, 5) is 28.7. The number of phenols is 3. The lowest BCUT2D eigenvalue weighted by atomic mass is 9.61. The standard InChI is InChI=1S/C80H68B3F6N9O3/c1-78(2,3)49-34-46(75(99)61(37-49)72(64-16-10-28-90-64)67-19-13-31-96(67)81(84)85)43-93-52-24-27-57-58(40-52)70-55-25-22-53(94-44-47-35-50(79(4,5)6)38-62(76(47)100)73(65-17-11-29-91-65)68-20-14-32-97(68)82(86)87)41-59(55)71(57)60-42-54(23-26-56(60)70)95-45-48-36-51(80(7,8)9)39-63(77(48)101)74(66-18-12-30-92-66)69-21-15-33-98(69)83(88)89/h10-45,70-71,99-101H,1-9H3/b72-64+,73-65-,74-66+,93-43?,94-44?,95-45?. The molecule has 3 aromatic heterocycles. The fraction of sp³-hybridized carbons (Fsp3) is 0.175. The average Bonchev–Trinajstić information content (AvgIpc) is 0.855. The molecule has 0 fully saturated rings. The molecule has 3 N–H and O–H groups in total. The molecule has 3 aliphatic heterocycles. The average molecular weight is 1350 g/mol. The van der Waals surface area contributed by atoms with Crippen LogP contribution in [0.5, 0.6) is 17.2 Å². The van der Waals surface area contributed by atoms with Gasteiger partial charge in [0.15, 0.2) is 0 Å². The van der Waals surface area contributed by atoms with Crippen LogP contribution in [-0.4, -0.2) is 88.2 Å². The summed E-state index contributed by atoms with van der Waals surface area (Å²) in [7, 11) is -8.59. The highest BCUT2D eigenvalue weighted by Crippen LogP contribution is 2.58. The summed E-state index contributed by atoms with van der Waals surface area (Å²) in [5.74, 6) is -1.25. The second-order valence-electron chi connectivity index (χ2n) is 28.6. The molecule has 0 radical (unpaired) electrons. The maximum Gasteiger partial charge on any atom is 0.677 e. The van der Waals surface area contributed by atoms with Gasteiger partial charge in [-0.05, 0) is 231 Å². The molecule has 21 heteroatoms. The molecule has 15 rings (SSSR count). The Morgan fingerprint density at radius 3 is 0.911 bits per heavy atom. The monoisotopic (exact) mass is 1350 g/mol. The van der Waals surface area contributed by atoms with Gasteiger partial charge >= 0.3 is 22.2 Å². The third-order valence-electron chi connectivity index (χ3n) is 19.1. The Hall–Kier alpha value is -11.2. The number of phenolic OH excluding ortho intramolecular Hbond substituents is 3. The van der Waals surface area contributed by atoms with Gasteiger partial charge in [-0.3, -0.25) is 55.8 Å². The zero-order chi connectivity index (χ0) is 71.1. The highest BCUT2D eigenvalue weighted by atomic mass is 19.2. The minimum Gasteiger partial charge on any atom is -0.507 e. The van der Waals surface area contributed by atoms with E-state index in [4.69, 9.17) is 15.0 Å². The van der Waals surface area contributed by atoms with E-state index in [1.54, 1.807) is 91.9 Å². The quantitative estimate of drug-likeness (QED) is 0.0533. The second-order valence-corrected chi connectivity index (χ2v) is 28.6. The Bertz CT molecular complexity index is 5050. The van der Waals surface area contributed by atoms with E-state index < -0.39 is 44.4 Å². The molecule has 0 amide bonds. The first kappa shape index (κ1) is 67.0. The third-order valence-corrected chi connectivity index (χ3v) is 19.1.